The Morgan fingerprint density at radius 1 is 0.641 bits per heavy atom. The maximum Gasteiger partial charge on any atom is -1.00 e. The minimum atomic E-state index is -2.35. The number of fused-ring (bicyclic) bond motifs is 2. The van der Waals surface area contributed by atoms with Gasteiger partial charge in [-0.05, 0) is 0 Å². The van der Waals surface area contributed by atoms with Gasteiger partial charge in [-0.15, -0.1) is 0 Å². The molecule has 6 rings (SSSR count). The van der Waals surface area contributed by atoms with E-state index in [0.29, 0.717) is 13.2 Å². The second kappa shape index (κ2) is 12.1. The van der Waals surface area contributed by atoms with Gasteiger partial charge in [0, 0.05) is 0 Å². The molecule has 0 bridgehead atoms. The van der Waals surface area contributed by atoms with Gasteiger partial charge in [-0.2, -0.15) is 0 Å². The molecule has 0 aromatic heterocycles. The summed E-state index contributed by atoms with van der Waals surface area (Å²) in [5.74, 6) is 0.514. The topological polar surface area (TPSA) is 0 Å². The third-order valence-electron chi connectivity index (χ3n) is 8.29. The normalized spacial score (nSPS) is 16.7. The van der Waals surface area contributed by atoms with Gasteiger partial charge < -0.3 is 24.8 Å². The van der Waals surface area contributed by atoms with Gasteiger partial charge in [0.2, 0.25) is 0 Å². The third kappa shape index (κ3) is 5.15. The van der Waals surface area contributed by atoms with Crippen molar-refractivity contribution in [3.63, 3.8) is 0 Å². The number of hydrogen-bond acceptors (Lipinski definition) is 0. The summed E-state index contributed by atoms with van der Waals surface area (Å²) in [7, 11) is 0. The maximum absolute atomic E-state index is 5.14. The smallest absolute Gasteiger partial charge is 1.00 e. The van der Waals surface area contributed by atoms with Crippen LogP contribution in [0.2, 0.25) is 0 Å². The number of rotatable bonds is 5. The molecule has 0 saturated heterocycles. The first kappa shape index (κ1) is 29.7. The van der Waals surface area contributed by atoms with Crippen LogP contribution in [0.1, 0.15) is 55.8 Å². The molecule has 0 amide bonds. The Balaban J connectivity index is 0.00000176. The van der Waals surface area contributed by atoms with Crippen LogP contribution in [0.15, 0.2) is 102 Å². The maximum atomic E-state index is 5.14. The van der Waals surface area contributed by atoms with Gasteiger partial charge in [0.25, 0.3) is 0 Å². The van der Waals surface area contributed by atoms with Crippen molar-refractivity contribution < 1.29 is 46.1 Å². The molecule has 3 heteroatoms. The van der Waals surface area contributed by atoms with Crippen LogP contribution in [-0.4, -0.2) is 4.21 Å². The summed E-state index contributed by atoms with van der Waals surface area (Å²) in [6, 6.07) is 33.4. The van der Waals surface area contributed by atoms with E-state index in [2.05, 4.69) is 131 Å². The quantitative estimate of drug-likeness (QED) is 0.317. The van der Waals surface area contributed by atoms with Crippen LogP contribution < -0.4 is 24.8 Å². The largest absolute Gasteiger partial charge is 1.00 e. The predicted molar refractivity (Wildman–Crippen MR) is 158 cm³/mol. The van der Waals surface area contributed by atoms with Crippen molar-refractivity contribution in [1.82, 2.24) is 0 Å². The minimum Gasteiger partial charge on any atom is -1.00 e. The number of allylic oxidation sites excluding steroid dienone is 2. The van der Waals surface area contributed by atoms with Gasteiger partial charge in [0.05, 0.1) is 0 Å². The SMILES string of the molecule is [CH2]=[Zr+2]([CH]1C(C(C)C)=Cc2c(-c3ccccc3)cccc21)[CH]1C(C)=Cc2c(-c3ccccc3)ccc(C)c21.[Cl-].[Cl-]. The van der Waals surface area contributed by atoms with Crippen LogP contribution in [0.25, 0.3) is 34.4 Å². The zero-order valence-electron chi connectivity index (χ0n) is 23.0. The molecule has 2 atom stereocenters. The van der Waals surface area contributed by atoms with Crippen LogP contribution in [-0.2, 0) is 21.3 Å². The van der Waals surface area contributed by atoms with E-state index in [9.17, 15) is 0 Å². The summed E-state index contributed by atoms with van der Waals surface area (Å²) in [5.41, 5.74) is 15.8. The summed E-state index contributed by atoms with van der Waals surface area (Å²) >= 11 is -2.35. The second-order valence-electron chi connectivity index (χ2n) is 10.9. The van der Waals surface area contributed by atoms with Crippen LogP contribution in [0.3, 0.4) is 0 Å². The van der Waals surface area contributed by atoms with E-state index in [4.69, 9.17) is 4.21 Å². The zero-order chi connectivity index (χ0) is 25.7. The number of benzene rings is 4. The molecule has 0 saturated carbocycles. The van der Waals surface area contributed by atoms with Gasteiger partial charge in [-0.25, -0.2) is 0 Å². The van der Waals surface area contributed by atoms with Crippen molar-refractivity contribution in [3.8, 4) is 22.3 Å². The number of halogens is 2. The standard InChI is InChI=1S/C18H17.C17H15.CH2.2ClH.Zr/c1-13(2)16-11-15-9-6-10-17(18(15)12-16)14-7-4-3-5-8-14;1-12-10-16-13(2)8-9-15(17(16)11-12)14-6-4-3-5-7-14;;;;/h3-13H,1-2H3;3-11H,1-2H3;1H2;2*1H;/q;;;;;+2/p-2. The van der Waals surface area contributed by atoms with Crippen molar-refractivity contribution in [2.24, 2.45) is 5.92 Å². The van der Waals surface area contributed by atoms with E-state index in [1.807, 2.05) is 0 Å². The summed E-state index contributed by atoms with van der Waals surface area (Å²) in [6.45, 7) is 9.40. The third-order valence-corrected chi connectivity index (χ3v) is 15.4. The molecule has 2 aliphatic rings. The molecule has 2 aliphatic carbocycles. The summed E-state index contributed by atoms with van der Waals surface area (Å²) in [5, 5.41) is 0. The van der Waals surface area contributed by atoms with Crippen LogP contribution in [0, 0.1) is 12.8 Å². The van der Waals surface area contributed by atoms with Crippen LogP contribution in [0.4, 0.5) is 0 Å². The van der Waals surface area contributed by atoms with Crippen molar-refractivity contribution >= 4 is 16.4 Å². The Morgan fingerprint density at radius 3 is 1.82 bits per heavy atom. The Bertz CT molecular complexity index is 1580. The molecule has 196 valence electrons. The van der Waals surface area contributed by atoms with Crippen LogP contribution >= 0.6 is 0 Å². The van der Waals surface area contributed by atoms with Gasteiger partial charge in [0.15, 0.2) is 0 Å². The molecule has 4 aromatic rings. The fourth-order valence-corrected chi connectivity index (χ4v) is 14.5. The van der Waals surface area contributed by atoms with E-state index in [1.54, 1.807) is 11.1 Å². The molecule has 0 radical (unpaired) electrons. The summed E-state index contributed by atoms with van der Waals surface area (Å²) in [4.78, 5) is 0. The Labute approximate surface area is 253 Å². The zero-order valence-corrected chi connectivity index (χ0v) is 27.0. The van der Waals surface area contributed by atoms with E-state index < -0.39 is 21.3 Å². The molecular formula is C36H34Cl2Zr. The molecular weight excluding hydrogens is 595 g/mol. The predicted octanol–water partition coefficient (Wildman–Crippen LogP) is 3.64. The van der Waals surface area contributed by atoms with Gasteiger partial charge >= 0.3 is 231 Å². The Kier molecular flexibility index (Phi) is 9.17. The van der Waals surface area contributed by atoms with Gasteiger partial charge in [0.1, 0.15) is 0 Å². The molecule has 0 heterocycles. The molecule has 0 N–H and O–H groups in total. The summed E-state index contributed by atoms with van der Waals surface area (Å²) in [6.07, 6.45) is 5.01. The molecule has 2 unspecified atom stereocenters. The Morgan fingerprint density at radius 2 is 1.23 bits per heavy atom. The number of hydrogen-bond donors (Lipinski definition) is 0. The van der Waals surface area contributed by atoms with Crippen molar-refractivity contribution in [3.05, 3.63) is 130 Å². The van der Waals surface area contributed by atoms with E-state index in [-0.39, 0.29) is 24.8 Å². The Hall–Kier alpha value is -2.31. The van der Waals surface area contributed by atoms with Crippen molar-refractivity contribution in [2.75, 3.05) is 0 Å². The average molecular weight is 629 g/mol. The molecule has 0 aliphatic heterocycles. The minimum absolute atomic E-state index is 0. The average Bonchev–Trinajstić information content (AvgIpc) is 3.48. The molecule has 0 nitrogen and oxygen atoms in total. The number of aryl methyl sites for hydroxylation is 1. The fraction of sp³-hybridized carbons (Fsp3) is 0.194. The van der Waals surface area contributed by atoms with E-state index in [1.165, 1.54) is 50.1 Å². The molecule has 0 fully saturated rings. The molecule has 0 spiro atoms. The van der Waals surface area contributed by atoms with Crippen LogP contribution in [0.5, 0.6) is 0 Å². The molecule has 4 aromatic carbocycles. The van der Waals surface area contributed by atoms with Gasteiger partial charge in [-0.3, -0.25) is 0 Å². The van der Waals surface area contributed by atoms with E-state index >= 15 is 0 Å². The van der Waals surface area contributed by atoms with Crippen molar-refractivity contribution in [1.29, 1.82) is 0 Å². The first-order valence-electron chi connectivity index (χ1n) is 13.4. The van der Waals surface area contributed by atoms with E-state index in [0.717, 1.165) is 0 Å². The first-order chi connectivity index (χ1) is 18.0. The molecule has 39 heavy (non-hydrogen) atoms. The first-order valence-corrected chi connectivity index (χ1v) is 18.0. The van der Waals surface area contributed by atoms with Crippen molar-refractivity contribution in [2.45, 2.75) is 34.9 Å². The van der Waals surface area contributed by atoms with Gasteiger partial charge in [-0.1, -0.05) is 0 Å². The fourth-order valence-electron chi connectivity index (χ4n) is 6.55. The summed E-state index contributed by atoms with van der Waals surface area (Å²) < 4.78 is 6.14. The second-order valence-corrected chi connectivity index (χ2v) is 16.6. The monoisotopic (exact) mass is 626 g/mol.